The first kappa shape index (κ1) is 25.4. The van der Waals surface area contributed by atoms with E-state index in [1.807, 2.05) is 6.07 Å². The maximum absolute atomic E-state index is 12.0. The molecule has 2 aromatic rings. The zero-order valence-electron chi connectivity index (χ0n) is 19.0. The molecule has 0 radical (unpaired) electrons. The molecule has 2 N–H and O–H groups in total. The molecular formula is C23H28F3N5O3. The van der Waals surface area contributed by atoms with Gasteiger partial charge in [-0.1, -0.05) is 24.3 Å². The minimum atomic E-state index is -5.08. The summed E-state index contributed by atoms with van der Waals surface area (Å²) in [4.78, 5) is 33.6. The Labute approximate surface area is 195 Å². The van der Waals surface area contributed by atoms with E-state index in [1.165, 1.54) is 11.1 Å². The monoisotopic (exact) mass is 479 g/mol. The Morgan fingerprint density at radius 2 is 1.74 bits per heavy atom. The second-order valence-electron chi connectivity index (χ2n) is 8.63. The molecule has 11 heteroatoms. The van der Waals surface area contributed by atoms with E-state index in [0.717, 1.165) is 38.3 Å². The molecule has 34 heavy (non-hydrogen) atoms. The zero-order valence-corrected chi connectivity index (χ0v) is 19.0. The van der Waals surface area contributed by atoms with Crippen LogP contribution < -0.4 is 10.2 Å². The molecule has 0 bridgehead atoms. The number of carboxylic acids is 1. The van der Waals surface area contributed by atoms with Gasteiger partial charge >= 0.3 is 12.1 Å². The number of nitrogens with zero attached hydrogens (tertiary/aromatic N) is 4. The number of halogens is 3. The van der Waals surface area contributed by atoms with Gasteiger partial charge in [-0.05, 0) is 36.5 Å². The number of alkyl halides is 3. The maximum Gasteiger partial charge on any atom is 0.490 e. The molecule has 1 spiro atoms. The topological polar surface area (TPSA) is 98.7 Å². The molecule has 1 aliphatic heterocycles. The minimum Gasteiger partial charge on any atom is -0.475 e. The molecule has 1 atom stereocenters. The highest BCUT2D eigenvalue weighted by molar-refractivity contribution is 5.77. The fraction of sp³-hybridized carbons (Fsp3) is 0.478. The number of benzene rings is 1. The Bertz CT molecular complexity index is 993. The summed E-state index contributed by atoms with van der Waals surface area (Å²) in [6.07, 6.45) is 1.75. The number of fused-ring (bicyclic) bond motifs is 2. The van der Waals surface area contributed by atoms with Crippen LogP contribution in [0.2, 0.25) is 0 Å². The number of nitrogens with one attached hydrogen (secondary N) is 1. The number of amides is 1. The Morgan fingerprint density at radius 3 is 2.29 bits per heavy atom. The third-order valence-electron chi connectivity index (χ3n) is 6.30. The Kier molecular flexibility index (Phi) is 7.75. The number of likely N-dealkylation sites (N-methyl/N-ethyl adjacent to an activating group) is 1. The molecule has 1 amide bonds. The molecule has 4 rings (SSSR count). The van der Waals surface area contributed by atoms with Gasteiger partial charge in [0.25, 0.3) is 0 Å². The van der Waals surface area contributed by atoms with Gasteiger partial charge in [-0.25, -0.2) is 14.8 Å². The highest BCUT2D eigenvalue weighted by atomic mass is 19.4. The van der Waals surface area contributed by atoms with Crippen molar-refractivity contribution in [3.8, 4) is 0 Å². The number of hydrogen-bond acceptors (Lipinski definition) is 6. The third-order valence-corrected chi connectivity index (χ3v) is 6.30. The Hall–Kier alpha value is -3.21. The van der Waals surface area contributed by atoms with Crippen LogP contribution in [0, 0.1) is 0 Å². The summed E-state index contributed by atoms with van der Waals surface area (Å²) < 4.78 is 31.7. The zero-order chi connectivity index (χ0) is 24.9. The largest absolute Gasteiger partial charge is 0.490 e. The van der Waals surface area contributed by atoms with Crippen LogP contribution in [0.3, 0.4) is 0 Å². The van der Waals surface area contributed by atoms with E-state index in [0.29, 0.717) is 6.54 Å². The molecule has 1 aliphatic carbocycles. The predicted molar refractivity (Wildman–Crippen MR) is 119 cm³/mol. The smallest absolute Gasteiger partial charge is 0.475 e. The molecule has 1 saturated heterocycles. The summed E-state index contributed by atoms with van der Waals surface area (Å²) in [6, 6.07) is 10.8. The van der Waals surface area contributed by atoms with Crippen molar-refractivity contribution in [1.29, 1.82) is 0 Å². The van der Waals surface area contributed by atoms with Crippen LogP contribution >= 0.6 is 0 Å². The molecule has 1 aromatic carbocycles. The second kappa shape index (κ2) is 10.4. The van der Waals surface area contributed by atoms with Gasteiger partial charge in [0, 0.05) is 51.0 Å². The quantitative estimate of drug-likeness (QED) is 0.696. The van der Waals surface area contributed by atoms with E-state index in [-0.39, 0.29) is 17.4 Å². The number of aromatic nitrogens is 2. The van der Waals surface area contributed by atoms with Gasteiger partial charge in [-0.3, -0.25) is 4.79 Å². The molecule has 1 unspecified atom stereocenters. The van der Waals surface area contributed by atoms with Crippen LogP contribution in [0.4, 0.5) is 19.1 Å². The number of hydrogen-bond donors (Lipinski definition) is 2. The van der Waals surface area contributed by atoms with E-state index in [2.05, 4.69) is 44.5 Å². The van der Waals surface area contributed by atoms with Crippen LogP contribution in [0.1, 0.15) is 36.4 Å². The lowest BCUT2D eigenvalue weighted by Gasteiger charge is -2.40. The molecule has 8 nitrogen and oxygen atoms in total. The average Bonchev–Trinajstić information content (AvgIpc) is 3.11. The first-order valence-electron chi connectivity index (χ1n) is 10.9. The number of carbonyl (C=O) groups excluding carboxylic acids is 1. The lowest BCUT2D eigenvalue weighted by atomic mass is 9.73. The number of aliphatic carboxylic acids is 1. The lowest BCUT2D eigenvalue weighted by Crippen LogP contribution is -2.43. The van der Waals surface area contributed by atoms with Crippen LogP contribution in [-0.2, 0) is 15.0 Å². The number of anilines is 1. The van der Waals surface area contributed by atoms with Crippen molar-refractivity contribution in [2.45, 2.75) is 36.9 Å². The van der Waals surface area contributed by atoms with Crippen molar-refractivity contribution in [2.75, 3.05) is 38.6 Å². The molecule has 2 heterocycles. The van der Waals surface area contributed by atoms with Crippen molar-refractivity contribution in [3.05, 3.63) is 53.9 Å². The first-order valence-corrected chi connectivity index (χ1v) is 10.9. The minimum absolute atomic E-state index is 0.115. The van der Waals surface area contributed by atoms with Gasteiger partial charge in [0.1, 0.15) is 0 Å². The van der Waals surface area contributed by atoms with E-state index in [4.69, 9.17) is 9.90 Å². The summed E-state index contributed by atoms with van der Waals surface area (Å²) in [5, 5.41) is 10.6. The molecule has 2 aliphatic rings. The molecule has 1 fully saturated rings. The summed E-state index contributed by atoms with van der Waals surface area (Å²) >= 11 is 0. The van der Waals surface area contributed by atoms with Crippen molar-refractivity contribution in [3.63, 3.8) is 0 Å². The molecule has 1 aromatic heterocycles. The van der Waals surface area contributed by atoms with Crippen molar-refractivity contribution in [2.24, 2.45) is 0 Å². The fourth-order valence-electron chi connectivity index (χ4n) is 4.51. The third kappa shape index (κ3) is 5.82. The van der Waals surface area contributed by atoms with E-state index < -0.39 is 12.1 Å². The number of rotatable bonds is 4. The molecule has 0 saturated carbocycles. The van der Waals surface area contributed by atoms with Gasteiger partial charge < -0.3 is 20.2 Å². The summed E-state index contributed by atoms with van der Waals surface area (Å²) in [5.41, 5.74) is 2.99. The number of carboxylic acid groups (broad SMARTS) is 1. The van der Waals surface area contributed by atoms with Crippen LogP contribution in [-0.4, -0.2) is 71.8 Å². The van der Waals surface area contributed by atoms with Crippen LogP contribution in [0.5, 0.6) is 0 Å². The SMILES string of the molecule is CN(C)C(=O)CNC1CC2(CCN(c3ncccn3)CC2)c2ccccc21.O=C(O)C(F)(F)F. The number of carbonyl (C=O) groups is 2. The summed E-state index contributed by atoms with van der Waals surface area (Å²) in [7, 11) is 3.60. The van der Waals surface area contributed by atoms with E-state index in [1.54, 1.807) is 31.4 Å². The lowest BCUT2D eigenvalue weighted by molar-refractivity contribution is -0.192. The van der Waals surface area contributed by atoms with Gasteiger partial charge in [-0.15, -0.1) is 0 Å². The standard InChI is InChI=1S/C21H27N5O.C2HF3O2/c1-25(2)19(27)15-24-18-14-21(17-7-4-3-6-16(17)18)8-12-26(13-9-21)20-22-10-5-11-23-20;3-2(4,5)1(6)7/h3-7,10-11,18,24H,8-9,12-15H2,1-2H3;(H,6,7). The van der Waals surface area contributed by atoms with E-state index in [9.17, 15) is 18.0 Å². The fourth-order valence-corrected chi connectivity index (χ4v) is 4.51. The van der Waals surface area contributed by atoms with Gasteiger partial charge in [0.2, 0.25) is 11.9 Å². The molecular weight excluding hydrogens is 451 g/mol. The average molecular weight is 480 g/mol. The number of piperidine rings is 1. The van der Waals surface area contributed by atoms with Crippen molar-refractivity contribution < 1.29 is 27.9 Å². The van der Waals surface area contributed by atoms with Crippen LogP contribution in [0.15, 0.2) is 42.7 Å². The van der Waals surface area contributed by atoms with Gasteiger partial charge in [0.15, 0.2) is 0 Å². The Morgan fingerprint density at radius 1 is 1.15 bits per heavy atom. The van der Waals surface area contributed by atoms with E-state index >= 15 is 0 Å². The highest BCUT2D eigenvalue weighted by Crippen LogP contribution is 2.50. The normalized spacial score (nSPS) is 18.6. The van der Waals surface area contributed by atoms with Crippen molar-refractivity contribution >= 4 is 17.8 Å². The molecule has 184 valence electrons. The Balaban J connectivity index is 0.000000406. The van der Waals surface area contributed by atoms with Gasteiger partial charge in [0.05, 0.1) is 6.54 Å². The first-order chi connectivity index (χ1) is 16.0. The summed E-state index contributed by atoms with van der Waals surface area (Å²) in [5.74, 6) is -1.82. The van der Waals surface area contributed by atoms with Gasteiger partial charge in [-0.2, -0.15) is 13.2 Å². The predicted octanol–water partition coefficient (Wildman–Crippen LogP) is 2.77. The summed E-state index contributed by atoms with van der Waals surface area (Å²) in [6.45, 7) is 2.30. The second-order valence-corrected chi connectivity index (χ2v) is 8.63. The van der Waals surface area contributed by atoms with Crippen molar-refractivity contribution in [1.82, 2.24) is 20.2 Å². The maximum atomic E-state index is 12.0. The highest BCUT2D eigenvalue weighted by Gasteiger charge is 2.45. The van der Waals surface area contributed by atoms with Crippen LogP contribution in [0.25, 0.3) is 0 Å².